The average molecular weight is 319 g/mol. The van der Waals surface area contributed by atoms with Crippen LogP contribution >= 0.6 is 11.3 Å². The molecule has 7 heteroatoms. The third kappa shape index (κ3) is 2.66. The molecule has 0 N–H and O–H groups in total. The summed E-state index contributed by atoms with van der Waals surface area (Å²) in [5.41, 5.74) is 2.29. The Kier molecular flexibility index (Phi) is 4.01. The number of imidazole rings is 1. The second-order valence-electron chi connectivity index (χ2n) is 5.62. The van der Waals surface area contributed by atoms with Crippen LogP contribution in [-0.4, -0.2) is 31.5 Å². The van der Waals surface area contributed by atoms with E-state index >= 15 is 0 Å². The van der Waals surface area contributed by atoms with Crippen molar-refractivity contribution < 1.29 is 4.42 Å². The summed E-state index contributed by atoms with van der Waals surface area (Å²) in [7, 11) is 2.07. The fraction of sp³-hybridized carbons (Fsp3) is 0.533. The Labute approximate surface area is 133 Å². The van der Waals surface area contributed by atoms with E-state index in [4.69, 9.17) is 4.42 Å². The van der Waals surface area contributed by atoms with Gasteiger partial charge in [0, 0.05) is 24.0 Å². The van der Waals surface area contributed by atoms with Gasteiger partial charge in [-0.25, -0.2) is 4.98 Å². The van der Waals surface area contributed by atoms with Gasteiger partial charge in [-0.3, -0.25) is 9.30 Å². The average Bonchev–Trinajstić information content (AvgIpc) is 3.15. The molecule has 0 fully saturated rings. The first-order valence-electron chi connectivity index (χ1n) is 7.46. The molecule has 1 atom stereocenters. The summed E-state index contributed by atoms with van der Waals surface area (Å²) in [5, 5.41) is 8.19. The zero-order valence-electron chi connectivity index (χ0n) is 13.6. The van der Waals surface area contributed by atoms with Crippen molar-refractivity contribution in [3.05, 3.63) is 34.2 Å². The number of fused-ring (bicyclic) bond motifs is 1. The SMILES string of the molecule is CCc1nnc([C@@H](C)N(C)Cc2c(C)nc3sc(C)cn23)o1. The van der Waals surface area contributed by atoms with Crippen LogP contribution in [0, 0.1) is 13.8 Å². The second-order valence-corrected chi connectivity index (χ2v) is 6.83. The molecule has 3 heterocycles. The molecular weight excluding hydrogens is 298 g/mol. The van der Waals surface area contributed by atoms with Crippen molar-refractivity contribution in [2.24, 2.45) is 0 Å². The van der Waals surface area contributed by atoms with Crippen molar-refractivity contribution in [1.29, 1.82) is 0 Å². The molecular formula is C15H21N5OS. The number of aromatic nitrogens is 4. The zero-order valence-corrected chi connectivity index (χ0v) is 14.4. The molecule has 3 aromatic rings. The normalized spacial score (nSPS) is 13.4. The van der Waals surface area contributed by atoms with Crippen LogP contribution in [0.3, 0.4) is 0 Å². The van der Waals surface area contributed by atoms with E-state index in [0.29, 0.717) is 11.8 Å². The van der Waals surface area contributed by atoms with Crippen LogP contribution in [0.5, 0.6) is 0 Å². The molecule has 0 saturated carbocycles. The van der Waals surface area contributed by atoms with Crippen molar-refractivity contribution in [2.75, 3.05) is 7.05 Å². The third-order valence-electron chi connectivity index (χ3n) is 3.94. The second kappa shape index (κ2) is 5.81. The van der Waals surface area contributed by atoms with Crippen LogP contribution in [0.15, 0.2) is 10.6 Å². The first kappa shape index (κ1) is 15.2. The lowest BCUT2D eigenvalue weighted by molar-refractivity contribution is 0.211. The van der Waals surface area contributed by atoms with E-state index in [1.54, 1.807) is 11.3 Å². The van der Waals surface area contributed by atoms with E-state index in [0.717, 1.165) is 23.6 Å². The monoisotopic (exact) mass is 319 g/mol. The van der Waals surface area contributed by atoms with Gasteiger partial charge in [-0.05, 0) is 27.8 Å². The molecule has 0 spiro atoms. The van der Waals surface area contributed by atoms with Crippen LogP contribution in [0.25, 0.3) is 4.96 Å². The predicted molar refractivity (Wildman–Crippen MR) is 86.1 cm³/mol. The number of thiazole rings is 1. The molecule has 3 aromatic heterocycles. The lowest BCUT2D eigenvalue weighted by Gasteiger charge is -2.21. The Morgan fingerprint density at radius 3 is 2.82 bits per heavy atom. The lowest BCUT2D eigenvalue weighted by atomic mass is 10.2. The number of aryl methyl sites for hydroxylation is 3. The molecule has 0 saturated heterocycles. The van der Waals surface area contributed by atoms with Crippen molar-refractivity contribution in [2.45, 2.75) is 46.7 Å². The van der Waals surface area contributed by atoms with Crippen LogP contribution < -0.4 is 0 Å². The van der Waals surface area contributed by atoms with E-state index in [-0.39, 0.29) is 6.04 Å². The smallest absolute Gasteiger partial charge is 0.233 e. The molecule has 0 unspecified atom stereocenters. The number of nitrogens with zero attached hydrogens (tertiary/aromatic N) is 5. The van der Waals surface area contributed by atoms with Crippen molar-refractivity contribution in [1.82, 2.24) is 24.5 Å². The Bertz CT molecular complexity index is 787. The Balaban J connectivity index is 1.82. The van der Waals surface area contributed by atoms with Crippen molar-refractivity contribution in [3.8, 4) is 0 Å². The summed E-state index contributed by atoms with van der Waals surface area (Å²) >= 11 is 1.72. The number of hydrogen-bond acceptors (Lipinski definition) is 6. The van der Waals surface area contributed by atoms with Crippen LogP contribution in [-0.2, 0) is 13.0 Å². The Morgan fingerprint density at radius 1 is 1.36 bits per heavy atom. The first-order chi connectivity index (χ1) is 10.5. The summed E-state index contributed by atoms with van der Waals surface area (Å²) in [4.78, 5) is 9.17. The molecule has 0 bridgehead atoms. The van der Waals surface area contributed by atoms with Gasteiger partial charge in [-0.1, -0.05) is 6.92 Å². The minimum Gasteiger partial charge on any atom is -0.424 e. The lowest BCUT2D eigenvalue weighted by Crippen LogP contribution is -2.23. The third-order valence-corrected chi connectivity index (χ3v) is 4.84. The van der Waals surface area contributed by atoms with Gasteiger partial charge >= 0.3 is 0 Å². The summed E-state index contributed by atoms with van der Waals surface area (Å²) in [6.07, 6.45) is 2.91. The van der Waals surface area contributed by atoms with E-state index in [2.05, 4.69) is 58.5 Å². The molecule has 0 amide bonds. The van der Waals surface area contributed by atoms with Gasteiger partial charge in [0.1, 0.15) is 0 Å². The quantitative estimate of drug-likeness (QED) is 0.723. The summed E-state index contributed by atoms with van der Waals surface area (Å²) < 4.78 is 7.86. The molecule has 3 rings (SSSR count). The first-order valence-corrected chi connectivity index (χ1v) is 8.27. The van der Waals surface area contributed by atoms with Gasteiger partial charge in [0.15, 0.2) is 4.96 Å². The van der Waals surface area contributed by atoms with Gasteiger partial charge < -0.3 is 4.42 Å². The zero-order chi connectivity index (χ0) is 15.9. The van der Waals surface area contributed by atoms with Gasteiger partial charge in [-0.2, -0.15) is 0 Å². The van der Waals surface area contributed by atoms with E-state index in [1.807, 2.05) is 6.92 Å². The fourth-order valence-corrected chi connectivity index (χ4v) is 3.33. The summed E-state index contributed by atoms with van der Waals surface area (Å²) in [6, 6.07) is 0.0671. The van der Waals surface area contributed by atoms with Gasteiger partial charge in [-0.15, -0.1) is 21.5 Å². The molecule has 0 radical (unpaired) electrons. The summed E-state index contributed by atoms with van der Waals surface area (Å²) in [6.45, 7) is 9.05. The van der Waals surface area contributed by atoms with Crippen molar-refractivity contribution >= 4 is 16.3 Å². The molecule has 0 aromatic carbocycles. The topological polar surface area (TPSA) is 59.5 Å². The molecule has 0 aliphatic rings. The highest BCUT2D eigenvalue weighted by atomic mass is 32.1. The molecule has 6 nitrogen and oxygen atoms in total. The number of hydrogen-bond donors (Lipinski definition) is 0. The highest BCUT2D eigenvalue weighted by Gasteiger charge is 2.21. The Hall–Kier alpha value is -1.73. The van der Waals surface area contributed by atoms with E-state index in [9.17, 15) is 0 Å². The molecule has 118 valence electrons. The van der Waals surface area contributed by atoms with Crippen LogP contribution in [0.4, 0.5) is 0 Å². The maximum absolute atomic E-state index is 5.67. The van der Waals surface area contributed by atoms with E-state index < -0.39 is 0 Å². The van der Waals surface area contributed by atoms with Crippen LogP contribution in [0.1, 0.15) is 47.9 Å². The molecule has 0 aliphatic carbocycles. The van der Waals surface area contributed by atoms with Crippen LogP contribution in [0.2, 0.25) is 0 Å². The predicted octanol–water partition coefficient (Wildman–Crippen LogP) is 3.15. The Morgan fingerprint density at radius 2 is 2.14 bits per heavy atom. The maximum atomic E-state index is 5.67. The van der Waals surface area contributed by atoms with Gasteiger partial charge in [0.05, 0.1) is 17.4 Å². The highest BCUT2D eigenvalue weighted by molar-refractivity contribution is 7.17. The minimum atomic E-state index is 0.0671. The highest BCUT2D eigenvalue weighted by Crippen LogP contribution is 2.24. The molecule has 0 aliphatic heterocycles. The largest absolute Gasteiger partial charge is 0.424 e. The molecule has 22 heavy (non-hydrogen) atoms. The fourth-order valence-electron chi connectivity index (χ4n) is 2.44. The van der Waals surface area contributed by atoms with Gasteiger partial charge in [0.2, 0.25) is 11.8 Å². The number of rotatable bonds is 5. The summed E-state index contributed by atoms with van der Waals surface area (Å²) in [5.74, 6) is 1.35. The minimum absolute atomic E-state index is 0.0671. The maximum Gasteiger partial charge on any atom is 0.233 e. The van der Waals surface area contributed by atoms with Gasteiger partial charge in [0.25, 0.3) is 0 Å². The van der Waals surface area contributed by atoms with E-state index in [1.165, 1.54) is 10.6 Å². The standard InChI is InChI=1S/C15H21N5OS/c1-6-13-17-18-14(21-13)11(4)19(5)8-12-10(3)16-15-20(12)7-9(2)22-15/h7,11H,6,8H2,1-5H3/t11-/m1/s1. The van der Waals surface area contributed by atoms with Crippen molar-refractivity contribution in [3.63, 3.8) is 0 Å².